The van der Waals surface area contributed by atoms with Crippen molar-refractivity contribution in [3.05, 3.63) is 36.0 Å². The molecule has 2 aromatic rings. The minimum atomic E-state index is 0.310. The molecule has 3 heteroatoms. The molecule has 0 amide bonds. The first-order valence-corrected chi connectivity index (χ1v) is 7.97. The van der Waals surface area contributed by atoms with Crippen molar-refractivity contribution >= 4 is 10.8 Å². The highest BCUT2D eigenvalue weighted by molar-refractivity contribution is 5.89. The second-order valence-electron chi connectivity index (χ2n) is 6.08. The summed E-state index contributed by atoms with van der Waals surface area (Å²) in [6.45, 7) is 3.12. The van der Waals surface area contributed by atoms with Crippen LogP contribution in [0.15, 0.2) is 30.5 Å². The fourth-order valence-corrected chi connectivity index (χ4v) is 3.25. The van der Waals surface area contributed by atoms with Gasteiger partial charge in [0, 0.05) is 18.1 Å². The van der Waals surface area contributed by atoms with E-state index in [1.807, 2.05) is 13.2 Å². The van der Waals surface area contributed by atoms with Crippen molar-refractivity contribution in [2.75, 3.05) is 7.05 Å². The Morgan fingerprint density at radius 3 is 2.71 bits per heavy atom. The number of nitrogens with zero attached hydrogens (tertiary/aromatic N) is 1. The van der Waals surface area contributed by atoms with Crippen LogP contribution in [0.3, 0.4) is 0 Å². The van der Waals surface area contributed by atoms with Crippen LogP contribution in [0.4, 0.5) is 0 Å². The molecule has 3 rings (SSSR count). The number of ether oxygens (including phenoxy) is 1. The van der Waals surface area contributed by atoms with Crippen LogP contribution in [0.5, 0.6) is 5.88 Å². The molecule has 1 N–H and O–H groups in total. The van der Waals surface area contributed by atoms with Gasteiger partial charge in [-0.2, -0.15) is 0 Å². The summed E-state index contributed by atoms with van der Waals surface area (Å²) in [5, 5.41) is 5.57. The third-order valence-corrected chi connectivity index (χ3v) is 4.50. The zero-order valence-corrected chi connectivity index (χ0v) is 12.9. The van der Waals surface area contributed by atoms with Gasteiger partial charge in [-0.05, 0) is 49.2 Å². The Bertz CT molecular complexity index is 611. The van der Waals surface area contributed by atoms with E-state index >= 15 is 0 Å². The third-order valence-electron chi connectivity index (χ3n) is 4.50. The first-order valence-electron chi connectivity index (χ1n) is 7.97. The van der Waals surface area contributed by atoms with E-state index in [4.69, 9.17) is 4.74 Å². The summed E-state index contributed by atoms with van der Waals surface area (Å²) in [4.78, 5) is 4.59. The van der Waals surface area contributed by atoms with Crippen molar-refractivity contribution in [1.82, 2.24) is 10.3 Å². The molecular formula is C18H24N2O. The van der Waals surface area contributed by atoms with Crippen molar-refractivity contribution in [3.63, 3.8) is 0 Å². The standard InChI is InChI=1S/C18H24N2O/c1-13-7-3-6-10-17(13)21-18-16-9-5-4-8-15(16)14(11-19-2)12-20-18/h4-5,8-9,12-13,17,19H,3,6-7,10-11H2,1-2H3. The summed E-state index contributed by atoms with van der Waals surface area (Å²) in [7, 11) is 1.96. The van der Waals surface area contributed by atoms with Gasteiger partial charge in [0.2, 0.25) is 5.88 Å². The lowest BCUT2D eigenvalue weighted by Gasteiger charge is -2.29. The normalized spacial score (nSPS) is 22.4. The molecule has 21 heavy (non-hydrogen) atoms. The molecule has 1 saturated carbocycles. The zero-order valence-electron chi connectivity index (χ0n) is 12.9. The van der Waals surface area contributed by atoms with Crippen molar-refractivity contribution in [1.29, 1.82) is 0 Å². The van der Waals surface area contributed by atoms with Crippen LogP contribution < -0.4 is 10.1 Å². The predicted molar refractivity (Wildman–Crippen MR) is 86.6 cm³/mol. The molecule has 1 aromatic carbocycles. The van der Waals surface area contributed by atoms with Crippen LogP contribution in [0.1, 0.15) is 38.2 Å². The number of rotatable bonds is 4. The Labute approximate surface area is 126 Å². The van der Waals surface area contributed by atoms with E-state index in [-0.39, 0.29) is 0 Å². The van der Waals surface area contributed by atoms with Crippen molar-refractivity contribution < 1.29 is 4.74 Å². The lowest BCUT2D eigenvalue weighted by molar-refractivity contribution is 0.0993. The minimum Gasteiger partial charge on any atom is -0.474 e. The lowest BCUT2D eigenvalue weighted by Crippen LogP contribution is -2.28. The van der Waals surface area contributed by atoms with Gasteiger partial charge < -0.3 is 10.1 Å². The van der Waals surface area contributed by atoms with Gasteiger partial charge in [-0.1, -0.05) is 31.5 Å². The van der Waals surface area contributed by atoms with Crippen LogP contribution in [0, 0.1) is 5.92 Å². The molecule has 1 aromatic heterocycles. The van der Waals surface area contributed by atoms with Crippen LogP contribution in [0.2, 0.25) is 0 Å². The molecule has 0 spiro atoms. The number of pyridine rings is 1. The van der Waals surface area contributed by atoms with E-state index in [9.17, 15) is 0 Å². The summed E-state index contributed by atoms with van der Waals surface area (Å²) in [5.41, 5.74) is 1.22. The Hall–Kier alpha value is -1.61. The maximum Gasteiger partial charge on any atom is 0.221 e. The molecule has 0 saturated heterocycles. The molecule has 2 atom stereocenters. The Balaban J connectivity index is 1.93. The molecule has 112 valence electrons. The maximum absolute atomic E-state index is 6.28. The van der Waals surface area contributed by atoms with Crippen LogP contribution in [-0.4, -0.2) is 18.1 Å². The highest BCUT2D eigenvalue weighted by Crippen LogP contribution is 2.31. The van der Waals surface area contributed by atoms with Gasteiger partial charge >= 0.3 is 0 Å². The lowest BCUT2D eigenvalue weighted by atomic mass is 9.88. The van der Waals surface area contributed by atoms with E-state index in [1.54, 1.807) is 0 Å². The molecule has 3 nitrogen and oxygen atoms in total. The highest BCUT2D eigenvalue weighted by Gasteiger charge is 2.24. The van der Waals surface area contributed by atoms with E-state index in [0.717, 1.165) is 24.2 Å². The number of hydrogen-bond donors (Lipinski definition) is 1. The highest BCUT2D eigenvalue weighted by atomic mass is 16.5. The quantitative estimate of drug-likeness (QED) is 0.924. The van der Waals surface area contributed by atoms with Gasteiger partial charge in [-0.3, -0.25) is 0 Å². The van der Waals surface area contributed by atoms with E-state index < -0.39 is 0 Å². The van der Waals surface area contributed by atoms with Gasteiger partial charge in [-0.15, -0.1) is 0 Å². The first kappa shape index (κ1) is 14.3. The van der Waals surface area contributed by atoms with E-state index in [0.29, 0.717) is 12.0 Å². The van der Waals surface area contributed by atoms with Crippen LogP contribution in [-0.2, 0) is 6.54 Å². The Kier molecular flexibility index (Phi) is 4.39. The largest absolute Gasteiger partial charge is 0.474 e. The summed E-state index contributed by atoms with van der Waals surface area (Å²) in [6, 6.07) is 8.41. The van der Waals surface area contributed by atoms with Crippen molar-refractivity contribution in [2.45, 2.75) is 45.3 Å². The third kappa shape index (κ3) is 3.03. The number of fused-ring (bicyclic) bond motifs is 1. The van der Waals surface area contributed by atoms with Crippen LogP contribution in [0.25, 0.3) is 10.8 Å². The van der Waals surface area contributed by atoms with Crippen LogP contribution >= 0.6 is 0 Å². The smallest absolute Gasteiger partial charge is 0.221 e. The van der Waals surface area contributed by atoms with Gasteiger partial charge in [0.1, 0.15) is 6.10 Å². The fourth-order valence-electron chi connectivity index (χ4n) is 3.25. The Morgan fingerprint density at radius 2 is 1.95 bits per heavy atom. The average molecular weight is 284 g/mol. The number of benzene rings is 1. The van der Waals surface area contributed by atoms with Gasteiger partial charge in [-0.25, -0.2) is 4.98 Å². The summed E-state index contributed by atoms with van der Waals surface area (Å²) in [5.74, 6) is 1.42. The summed E-state index contributed by atoms with van der Waals surface area (Å²) in [6.07, 6.45) is 7.27. The minimum absolute atomic E-state index is 0.310. The van der Waals surface area contributed by atoms with Gasteiger partial charge in [0.25, 0.3) is 0 Å². The zero-order chi connectivity index (χ0) is 14.7. The van der Waals surface area contributed by atoms with Crippen molar-refractivity contribution in [3.8, 4) is 5.88 Å². The molecule has 1 fully saturated rings. The molecule has 1 heterocycles. The molecule has 0 bridgehead atoms. The molecule has 2 unspecified atom stereocenters. The molecule has 1 aliphatic carbocycles. The fraction of sp³-hybridized carbons (Fsp3) is 0.500. The number of aromatic nitrogens is 1. The summed E-state index contributed by atoms with van der Waals surface area (Å²) >= 11 is 0. The second kappa shape index (κ2) is 6.44. The molecule has 1 aliphatic rings. The monoisotopic (exact) mass is 284 g/mol. The van der Waals surface area contributed by atoms with E-state index in [2.05, 4.69) is 41.5 Å². The Morgan fingerprint density at radius 1 is 1.19 bits per heavy atom. The topological polar surface area (TPSA) is 34.2 Å². The summed E-state index contributed by atoms with van der Waals surface area (Å²) < 4.78 is 6.28. The number of hydrogen-bond acceptors (Lipinski definition) is 3. The second-order valence-corrected chi connectivity index (χ2v) is 6.08. The van der Waals surface area contributed by atoms with Crippen molar-refractivity contribution in [2.24, 2.45) is 5.92 Å². The molecule has 0 radical (unpaired) electrons. The maximum atomic E-state index is 6.28. The molecule has 0 aliphatic heterocycles. The molecular weight excluding hydrogens is 260 g/mol. The predicted octanol–water partition coefficient (Wildman–Crippen LogP) is 3.91. The van der Waals surface area contributed by atoms with Gasteiger partial charge in [0.15, 0.2) is 0 Å². The first-order chi connectivity index (χ1) is 10.3. The van der Waals surface area contributed by atoms with Gasteiger partial charge in [0.05, 0.1) is 0 Å². The SMILES string of the molecule is CNCc1cnc(OC2CCCCC2C)c2ccccc12. The average Bonchev–Trinajstić information content (AvgIpc) is 2.52. The number of nitrogens with one attached hydrogen (secondary N) is 1. The van der Waals surface area contributed by atoms with E-state index in [1.165, 1.54) is 30.2 Å².